The smallest absolute Gasteiger partial charge is 0.310 e. The second-order valence-electron chi connectivity index (χ2n) is 9.16. The molecule has 0 saturated carbocycles. The number of halogens is 11. The van der Waals surface area contributed by atoms with Crippen LogP contribution in [-0.4, -0.2) is 56.7 Å². The Morgan fingerprint density at radius 3 is 1.92 bits per heavy atom. The number of likely N-dealkylation sites (N-methyl/N-ethyl adjacent to an activating group) is 1. The van der Waals surface area contributed by atoms with E-state index >= 15 is 4.39 Å². The number of rotatable bonds is 10. The van der Waals surface area contributed by atoms with Gasteiger partial charge in [0.2, 0.25) is 0 Å². The van der Waals surface area contributed by atoms with E-state index in [1.54, 1.807) is 18.8 Å². The lowest BCUT2D eigenvalue weighted by Crippen LogP contribution is -2.71. The highest BCUT2D eigenvalue weighted by Crippen LogP contribution is 2.57. The normalized spacial score (nSPS) is 18.4. The fourth-order valence-corrected chi connectivity index (χ4v) is 4.72. The maximum atomic E-state index is 15.1. The van der Waals surface area contributed by atoms with E-state index in [1.165, 1.54) is 12.1 Å². The SMILES string of the molecule is C=C[Si](C)(C)c1cccc(N(C)C(=O)C(F)(OC(F)(F)C(F)(C(F)(F)F)C(C)(F)CCC)C(F)(F)F)c1. The van der Waals surface area contributed by atoms with E-state index in [9.17, 15) is 48.7 Å². The van der Waals surface area contributed by atoms with E-state index in [-0.39, 0.29) is 11.8 Å². The highest BCUT2D eigenvalue weighted by atomic mass is 28.3. The number of hydrogen-bond donors (Lipinski definition) is 0. The van der Waals surface area contributed by atoms with Crippen molar-refractivity contribution < 1.29 is 57.8 Å². The Labute approximate surface area is 207 Å². The van der Waals surface area contributed by atoms with E-state index in [1.807, 2.05) is 0 Å². The number of benzene rings is 1. The summed E-state index contributed by atoms with van der Waals surface area (Å²) in [5.41, 5.74) is -9.98. The van der Waals surface area contributed by atoms with Crippen molar-refractivity contribution in [1.82, 2.24) is 0 Å². The minimum absolute atomic E-state index is 0.130. The van der Waals surface area contributed by atoms with Crippen LogP contribution >= 0.6 is 0 Å². The van der Waals surface area contributed by atoms with Crippen molar-refractivity contribution in [2.24, 2.45) is 0 Å². The number of hydrogen-bond acceptors (Lipinski definition) is 2. The second kappa shape index (κ2) is 10.2. The Kier molecular flexibility index (Phi) is 9.05. The molecule has 0 bridgehead atoms. The molecule has 0 aliphatic carbocycles. The van der Waals surface area contributed by atoms with Crippen LogP contribution in [0.15, 0.2) is 36.5 Å². The van der Waals surface area contributed by atoms with Gasteiger partial charge in [0, 0.05) is 12.7 Å². The molecular weight excluding hydrogens is 547 g/mol. The molecule has 0 N–H and O–H groups in total. The number of carbonyl (C=O) groups excluding carboxylic acids is 1. The van der Waals surface area contributed by atoms with Crippen molar-refractivity contribution in [2.45, 2.75) is 75.4 Å². The summed E-state index contributed by atoms with van der Waals surface area (Å²) in [6.07, 6.45) is -22.7. The van der Waals surface area contributed by atoms with Crippen molar-refractivity contribution in [3.05, 3.63) is 36.5 Å². The van der Waals surface area contributed by atoms with Crippen LogP contribution in [0, 0.1) is 0 Å². The molecule has 3 nitrogen and oxygen atoms in total. The van der Waals surface area contributed by atoms with Gasteiger partial charge >= 0.3 is 35.9 Å². The molecule has 15 heteroatoms. The summed E-state index contributed by atoms with van der Waals surface area (Å²) in [7, 11) is -1.91. The fourth-order valence-electron chi connectivity index (χ4n) is 3.44. The van der Waals surface area contributed by atoms with Crippen LogP contribution in [0.5, 0.6) is 0 Å². The van der Waals surface area contributed by atoms with Gasteiger partial charge in [0.25, 0.3) is 0 Å². The Bertz CT molecular complexity index is 994. The molecule has 212 valence electrons. The molecule has 0 aliphatic heterocycles. The molecule has 0 radical (unpaired) electrons. The van der Waals surface area contributed by atoms with Gasteiger partial charge in [0.05, 0.1) is 0 Å². The first-order valence-electron chi connectivity index (χ1n) is 10.7. The summed E-state index contributed by atoms with van der Waals surface area (Å²) >= 11 is 0. The molecule has 0 spiro atoms. The lowest BCUT2D eigenvalue weighted by Gasteiger charge is -2.44. The van der Waals surface area contributed by atoms with Crippen LogP contribution in [0.4, 0.5) is 54.0 Å². The second-order valence-corrected chi connectivity index (χ2v) is 13.6. The van der Waals surface area contributed by atoms with Crippen molar-refractivity contribution >= 4 is 24.9 Å². The molecule has 3 unspecified atom stereocenters. The average molecular weight is 574 g/mol. The molecule has 0 aliphatic rings. The molecule has 1 aromatic carbocycles. The van der Waals surface area contributed by atoms with Crippen LogP contribution in [0.1, 0.15) is 26.7 Å². The highest BCUT2D eigenvalue weighted by molar-refractivity contribution is 6.93. The van der Waals surface area contributed by atoms with E-state index in [0.717, 1.165) is 19.1 Å². The summed E-state index contributed by atoms with van der Waals surface area (Å²) in [5.74, 6) is -9.16. The first-order chi connectivity index (χ1) is 16.4. The van der Waals surface area contributed by atoms with Crippen LogP contribution in [-0.2, 0) is 9.53 Å². The summed E-state index contributed by atoms with van der Waals surface area (Å²) in [6.45, 7) is 7.79. The van der Waals surface area contributed by atoms with Gasteiger partial charge in [-0.2, -0.15) is 39.5 Å². The average Bonchev–Trinajstić information content (AvgIpc) is 2.75. The number of amides is 1. The summed E-state index contributed by atoms with van der Waals surface area (Å²) < 4.78 is 158. The van der Waals surface area contributed by atoms with E-state index in [0.29, 0.717) is 12.2 Å². The number of anilines is 1. The van der Waals surface area contributed by atoms with Crippen LogP contribution < -0.4 is 10.1 Å². The Morgan fingerprint density at radius 2 is 1.51 bits per heavy atom. The molecule has 1 aromatic rings. The van der Waals surface area contributed by atoms with Crippen molar-refractivity contribution in [3.8, 4) is 0 Å². The van der Waals surface area contributed by atoms with Gasteiger partial charge in [-0.3, -0.25) is 9.53 Å². The Balaban J connectivity index is 3.70. The molecule has 1 rings (SSSR count). The van der Waals surface area contributed by atoms with Crippen molar-refractivity contribution in [3.63, 3.8) is 0 Å². The topological polar surface area (TPSA) is 29.5 Å². The number of ether oxygens (including phenoxy) is 1. The fraction of sp³-hybridized carbons (Fsp3) is 0.591. The van der Waals surface area contributed by atoms with E-state index < -0.39 is 68.2 Å². The minimum atomic E-state index is -6.88. The molecule has 3 atom stereocenters. The number of carbonyl (C=O) groups is 1. The predicted molar refractivity (Wildman–Crippen MR) is 117 cm³/mol. The molecule has 0 saturated heterocycles. The van der Waals surface area contributed by atoms with Crippen molar-refractivity contribution in [1.29, 1.82) is 0 Å². The van der Waals surface area contributed by atoms with Gasteiger partial charge in [-0.1, -0.05) is 49.5 Å². The van der Waals surface area contributed by atoms with Crippen LogP contribution in [0.3, 0.4) is 0 Å². The third-order valence-electron chi connectivity index (χ3n) is 5.93. The van der Waals surface area contributed by atoms with E-state index in [4.69, 9.17) is 0 Å². The largest absolute Gasteiger partial charge is 0.458 e. The maximum absolute atomic E-state index is 15.1. The zero-order chi connectivity index (χ0) is 29.5. The number of nitrogens with zero attached hydrogens (tertiary/aromatic N) is 1. The standard InChI is InChI=1S/C22H26F11NO2Si/c1-7-12-17(3,23)19(25,21(29,30)31)22(32,33)36-18(24,20(26,27)28)16(35)34(4)14-10-9-11-15(13-14)37(5,6)8-2/h8-11,13H,2,7,12H2,1,3-6H3. The molecule has 0 aromatic heterocycles. The zero-order valence-electron chi connectivity index (χ0n) is 20.4. The quantitative estimate of drug-likeness (QED) is 0.225. The molecule has 0 heterocycles. The van der Waals surface area contributed by atoms with Crippen LogP contribution in [0.2, 0.25) is 13.1 Å². The first kappa shape index (κ1) is 32.9. The monoisotopic (exact) mass is 573 g/mol. The summed E-state index contributed by atoms with van der Waals surface area (Å²) in [4.78, 5) is 12.4. The lowest BCUT2D eigenvalue weighted by molar-refractivity contribution is -0.462. The third-order valence-corrected chi connectivity index (χ3v) is 8.75. The lowest BCUT2D eigenvalue weighted by atomic mass is 9.82. The van der Waals surface area contributed by atoms with Crippen LogP contribution in [0.25, 0.3) is 0 Å². The summed E-state index contributed by atoms with van der Waals surface area (Å²) in [5, 5.41) is 0.454. The highest BCUT2D eigenvalue weighted by Gasteiger charge is 2.84. The zero-order valence-corrected chi connectivity index (χ0v) is 21.4. The van der Waals surface area contributed by atoms with E-state index in [2.05, 4.69) is 11.3 Å². The molecule has 1 amide bonds. The first-order valence-corrected chi connectivity index (χ1v) is 13.7. The van der Waals surface area contributed by atoms with Gasteiger partial charge in [-0.15, -0.1) is 6.58 Å². The van der Waals surface area contributed by atoms with Crippen molar-refractivity contribution in [2.75, 3.05) is 11.9 Å². The van der Waals surface area contributed by atoms with Gasteiger partial charge in [0.1, 0.15) is 8.07 Å². The molecular formula is C22H26F11NO2Si. The third kappa shape index (κ3) is 5.81. The maximum Gasteiger partial charge on any atom is 0.458 e. The number of alkyl halides is 11. The Morgan fingerprint density at radius 1 is 1.00 bits per heavy atom. The molecule has 0 fully saturated rings. The molecule has 37 heavy (non-hydrogen) atoms. The minimum Gasteiger partial charge on any atom is -0.310 e. The van der Waals surface area contributed by atoms with Gasteiger partial charge in [-0.25, -0.2) is 8.78 Å². The van der Waals surface area contributed by atoms with Gasteiger partial charge in [-0.05, 0) is 25.5 Å². The summed E-state index contributed by atoms with van der Waals surface area (Å²) in [6, 6.07) is 4.85. The van der Waals surface area contributed by atoms with Gasteiger partial charge < -0.3 is 4.90 Å². The predicted octanol–water partition coefficient (Wildman–Crippen LogP) is 6.93. The van der Waals surface area contributed by atoms with Gasteiger partial charge in [0.15, 0.2) is 5.67 Å². The Hall–Kier alpha value is -2.16.